The Morgan fingerprint density at radius 2 is 2.25 bits per heavy atom. The van der Waals surface area contributed by atoms with Crippen LogP contribution in [0.5, 0.6) is 11.5 Å². The summed E-state index contributed by atoms with van der Waals surface area (Å²) >= 11 is 6.53. The Morgan fingerprint density at radius 3 is 3.04 bits per heavy atom. The van der Waals surface area contributed by atoms with Crippen LogP contribution in [0.4, 0.5) is 0 Å². The first-order valence-corrected chi connectivity index (χ1v) is 9.67. The molecule has 0 aliphatic carbocycles. The molecule has 0 spiro atoms. The lowest BCUT2D eigenvalue weighted by atomic mass is 10.2. The molecule has 0 saturated carbocycles. The van der Waals surface area contributed by atoms with Crippen molar-refractivity contribution in [2.45, 2.75) is 0 Å². The molecule has 2 amide bonds. The van der Waals surface area contributed by atoms with E-state index in [2.05, 4.69) is 5.32 Å². The molecule has 2 aliphatic rings. The molecule has 1 aromatic rings. The molecule has 1 fully saturated rings. The van der Waals surface area contributed by atoms with Gasteiger partial charge in [0.1, 0.15) is 4.32 Å². The number of amides is 2. The molecule has 10 heteroatoms. The zero-order chi connectivity index (χ0) is 20.1. The number of fused-ring (bicyclic) bond motifs is 1. The Labute approximate surface area is 172 Å². The number of likely N-dealkylation sites (N-methyl/N-ethyl adjacent to an activating group) is 1. The molecule has 0 bridgehead atoms. The first-order chi connectivity index (χ1) is 13.5. The van der Waals surface area contributed by atoms with Gasteiger partial charge in [-0.25, -0.2) is 0 Å². The van der Waals surface area contributed by atoms with Crippen molar-refractivity contribution in [3.63, 3.8) is 0 Å². The van der Waals surface area contributed by atoms with Crippen LogP contribution >= 0.6 is 24.0 Å². The number of nitriles is 1. The molecule has 0 unspecified atom stereocenters. The summed E-state index contributed by atoms with van der Waals surface area (Å²) in [6.07, 6.45) is 1.76. The van der Waals surface area contributed by atoms with Crippen LogP contribution in [0.3, 0.4) is 0 Å². The van der Waals surface area contributed by atoms with E-state index in [1.165, 1.54) is 16.7 Å². The van der Waals surface area contributed by atoms with Gasteiger partial charge >= 0.3 is 0 Å². The number of carbonyl (C=O) groups excluding carboxylic acids is 2. The topological polar surface area (TPSA) is 94.9 Å². The SMILES string of the molecule is CN(CC#N)CC(=O)NCCN1C(=O)/C(=C/c2ccc3c(c2)OCO3)SC1=S. The third-order valence-corrected chi connectivity index (χ3v) is 5.36. The fourth-order valence-electron chi connectivity index (χ4n) is 2.63. The molecule has 146 valence electrons. The first kappa shape index (κ1) is 20.1. The summed E-state index contributed by atoms with van der Waals surface area (Å²) in [6.45, 7) is 1.06. The minimum absolute atomic E-state index is 0.121. The molecule has 1 saturated heterocycles. The average Bonchev–Trinajstić information content (AvgIpc) is 3.21. The average molecular weight is 419 g/mol. The van der Waals surface area contributed by atoms with E-state index in [-0.39, 0.29) is 44.8 Å². The lowest BCUT2D eigenvalue weighted by molar-refractivity contribution is -0.124. The van der Waals surface area contributed by atoms with Gasteiger partial charge in [-0.1, -0.05) is 30.0 Å². The number of hydrogen-bond donors (Lipinski definition) is 1. The van der Waals surface area contributed by atoms with Crippen molar-refractivity contribution in [3.05, 3.63) is 28.7 Å². The maximum Gasteiger partial charge on any atom is 0.266 e. The van der Waals surface area contributed by atoms with Gasteiger partial charge in [-0.15, -0.1) is 0 Å². The predicted octanol–water partition coefficient (Wildman–Crippen LogP) is 1.19. The van der Waals surface area contributed by atoms with Gasteiger partial charge < -0.3 is 14.8 Å². The van der Waals surface area contributed by atoms with Crippen LogP contribution in [0.25, 0.3) is 6.08 Å². The number of rotatable bonds is 7. The summed E-state index contributed by atoms with van der Waals surface area (Å²) in [5.41, 5.74) is 0.818. The van der Waals surface area contributed by atoms with E-state index in [9.17, 15) is 9.59 Å². The summed E-state index contributed by atoms with van der Waals surface area (Å²) in [5, 5.41) is 11.3. The Bertz CT molecular complexity index is 881. The summed E-state index contributed by atoms with van der Waals surface area (Å²) in [5.74, 6) is 0.928. The van der Waals surface area contributed by atoms with Crippen molar-refractivity contribution >= 4 is 46.2 Å². The van der Waals surface area contributed by atoms with Crippen LogP contribution in [0.2, 0.25) is 0 Å². The van der Waals surface area contributed by atoms with Crippen LogP contribution in [0.15, 0.2) is 23.1 Å². The van der Waals surface area contributed by atoms with E-state index in [0.717, 1.165) is 5.56 Å². The number of benzene rings is 1. The third-order valence-electron chi connectivity index (χ3n) is 3.98. The largest absolute Gasteiger partial charge is 0.454 e. The van der Waals surface area contributed by atoms with Gasteiger partial charge in [-0.05, 0) is 30.8 Å². The molecular weight excluding hydrogens is 400 g/mol. The maximum absolute atomic E-state index is 12.6. The Hall–Kier alpha value is -2.61. The van der Waals surface area contributed by atoms with E-state index in [0.29, 0.717) is 20.7 Å². The zero-order valence-electron chi connectivity index (χ0n) is 15.1. The van der Waals surface area contributed by atoms with E-state index >= 15 is 0 Å². The van der Waals surface area contributed by atoms with Crippen molar-refractivity contribution in [2.24, 2.45) is 0 Å². The van der Waals surface area contributed by atoms with Crippen molar-refractivity contribution in [2.75, 3.05) is 40.0 Å². The smallest absolute Gasteiger partial charge is 0.266 e. The second-order valence-electron chi connectivity index (χ2n) is 6.13. The molecule has 0 aromatic heterocycles. The third kappa shape index (κ3) is 4.81. The lowest BCUT2D eigenvalue weighted by Crippen LogP contribution is -2.40. The lowest BCUT2D eigenvalue weighted by Gasteiger charge is -2.16. The van der Waals surface area contributed by atoms with Crippen LogP contribution in [0, 0.1) is 11.3 Å². The second-order valence-corrected chi connectivity index (χ2v) is 7.80. The number of ether oxygens (including phenoxy) is 2. The van der Waals surface area contributed by atoms with Crippen molar-refractivity contribution in [3.8, 4) is 17.6 Å². The predicted molar refractivity (Wildman–Crippen MR) is 109 cm³/mol. The van der Waals surface area contributed by atoms with E-state index < -0.39 is 0 Å². The monoisotopic (exact) mass is 418 g/mol. The summed E-state index contributed by atoms with van der Waals surface area (Å²) in [4.78, 5) is 28.0. The molecule has 3 rings (SSSR count). The van der Waals surface area contributed by atoms with E-state index in [1.807, 2.05) is 18.2 Å². The Kier molecular flexibility index (Phi) is 6.51. The molecule has 8 nitrogen and oxygen atoms in total. The minimum Gasteiger partial charge on any atom is -0.454 e. The highest BCUT2D eigenvalue weighted by molar-refractivity contribution is 8.26. The molecule has 1 aromatic carbocycles. The first-order valence-electron chi connectivity index (χ1n) is 8.45. The zero-order valence-corrected chi connectivity index (χ0v) is 16.8. The van der Waals surface area contributed by atoms with Gasteiger partial charge in [0, 0.05) is 13.1 Å². The van der Waals surface area contributed by atoms with Crippen LogP contribution < -0.4 is 14.8 Å². The van der Waals surface area contributed by atoms with Crippen LogP contribution in [-0.4, -0.2) is 66.0 Å². The fraction of sp³-hybridized carbons (Fsp3) is 0.333. The number of thiocarbonyl (C=S) groups is 1. The normalized spacial score (nSPS) is 16.8. The number of thioether (sulfide) groups is 1. The summed E-state index contributed by atoms with van der Waals surface area (Å²) < 4.78 is 11.1. The van der Waals surface area contributed by atoms with Crippen LogP contribution in [0.1, 0.15) is 5.56 Å². The van der Waals surface area contributed by atoms with Gasteiger partial charge in [0.05, 0.1) is 24.1 Å². The molecule has 2 aliphatic heterocycles. The molecular formula is C18H18N4O4S2. The quantitative estimate of drug-likeness (QED) is 0.401. The van der Waals surface area contributed by atoms with Crippen LogP contribution in [-0.2, 0) is 9.59 Å². The van der Waals surface area contributed by atoms with Gasteiger partial charge in [-0.3, -0.25) is 19.4 Å². The summed E-state index contributed by atoms with van der Waals surface area (Å²) in [7, 11) is 1.69. The number of hydrogen-bond acceptors (Lipinski definition) is 8. The number of nitrogens with zero attached hydrogens (tertiary/aromatic N) is 3. The van der Waals surface area contributed by atoms with Crippen molar-refractivity contribution in [1.82, 2.24) is 15.1 Å². The van der Waals surface area contributed by atoms with Gasteiger partial charge in [-0.2, -0.15) is 5.26 Å². The second kappa shape index (κ2) is 9.05. The molecule has 0 atom stereocenters. The molecule has 28 heavy (non-hydrogen) atoms. The Balaban J connectivity index is 1.55. The highest BCUT2D eigenvalue weighted by Gasteiger charge is 2.31. The highest BCUT2D eigenvalue weighted by atomic mass is 32.2. The van der Waals surface area contributed by atoms with Gasteiger partial charge in [0.25, 0.3) is 5.91 Å². The maximum atomic E-state index is 12.6. The van der Waals surface area contributed by atoms with Crippen molar-refractivity contribution < 1.29 is 19.1 Å². The highest BCUT2D eigenvalue weighted by Crippen LogP contribution is 2.36. The van der Waals surface area contributed by atoms with Gasteiger partial charge in [0.2, 0.25) is 12.7 Å². The van der Waals surface area contributed by atoms with E-state index in [1.54, 1.807) is 24.1 Å². The van der Waals surface area contributed by atoms with Gasteiger partial charge in [0.15, 0.2) is 11.5 Å². The standard InChI is InChI=1S/C18H18N4O4S2/c1-21(6-4-19)10-16(23)20-5-7-22-17(24)15(28-18(22)27)9-12-2-3-13-14(8-12)26-11-25-13/h2-3,8-9H,5-7,10-11H2,1H3,(H,20,23)/b15-9-. The minimum atomic E-state index is -0.209. The fourth-order valence-corrected chi connectivity index (χ4v) is 3.94. The molecule has 0 radical (unpaired) electrons. The van der Waals surface area contributed by atoms with Crippen molar-refractivity contribution in [1.29, 1.82) is 5.26 Å². The summed E-state index contributed by atoms with van der Waals surface area (Å²) in [6, 6.07) is 7.43. The number of nitrogens with one attached hydrogen (secondary N) is 1. The number of carbonyl (C=O) groups is 2. The molecule has 2 heterocycles. The van der Waals surface area contributed by atoms with E-state index in [4.69, 9.17) is 27.0 Å². The molecule has 1 N–H and O–H groups in total. The Morgan fingerprint density at radius 1 is 1.46 bits per heavy atom.